The van der Waals surface area contributed by atoms with Crippen molar-refractivity contribution in [2.24, 2.45) is 0 Å². The predicted octanol–water partition coefficient (Wildman–Crippen LogP) is 0.522. The minimum absolute atomic E-state index is 0.246. The normalized spacial score (nSPS) is 29.6. The monoisotopic (exact) mass is 414 g/mol. The lowest BCUT2D eigenvalue weighted by molar-refractivity contribution is -0.187. The molecule has 1 aromatic heterocycles. The summed E-state index contributed by atoms with van der Waals surface area (Å²) in [7, 11) is 1.35. The van der Waals surface area contributed by atoms with E-state index in [4.69, 9.17) is 4.74 Å². The van der Waals surface area contributed by atoms with Gasteiger partial charge in [0.15, 0.2) is 12.0 Å². The molecule has 3 heterocycles. The highest BCUT2D eigenvalue weighted by atomic mass is 32.2. The quantitative estimate of drug-likeness (QED) is 0.453. The van der Waals surface area contributed by atoms with E-state index in [0.717, 1.165) is 4.90 Å². The van der Waals surface area contributed by atoms with Crippen molar-refractivity contribution in [2.75, 3.05) is 7.11 Å². The molecule has 0 spiro atoms. The highest BCUT2D eigenvalue weighted by Gasteiger charge is 2.74. The van der Waals surface area contributed by atoms with Crippen LogP contribution in [0, 0.1) is 0 Å². The topological polar surface area (TPSA) is 133 Å². The second kappa shape index (κ2) is 6.50. The summed E-state index contributed by atoms with van der Waals surface area (Å²) in [5, 5.41) is 24.4. The van der Waals surface area contributed by atoms with E-state index in [9.17, 15) is 29.4 Å². The molecule has 0 aliphatic carbocycles. The molecule has 2 fully saturated rings. The molecule has 2 aliphatic heterocycles. The summed E-state index contributed by atoms with van der Waals surface area (Å²) in [6.45, 7) is 3.18. The van der Waals surface area contributed by atoms with Gasteiger partial charge in [0.25, 0.3) is 5.91 Å². The Morgan fingerprint density at radius 2 is 2.00 bits per heavy atom. The number of ether oxygens (including phenoxy) is 1. The zero-order chi connectivity index (χ0) is 20.1. The number of thioether (sulfide) groups is 1. The van der Waals surface area contributed by atoms with E-state index in [1.807, 2.05) is 0 Å². The van der Waals surface area contributed by atoms with Crippen LogP contribution < -0.4 is 5.32 Å². The fraction of sp³-hybridized carbons (Fsp3) is 0.500. The first-order valence-corrected chi connectivity index (χ1v) is 9.75. The van der Waals surface area contributed by atoms with Crippen molar-refractivity contribution < 1.29 is 34.1 Å². The van der Waals surface area contributed by atoms with Crippen LogP contribution in [0.4, 0.5) is 0 Å². The van der Waals surface area contributed by atoms with Gasteiger partial charge in [-0.3, -0.25) is 19.3 Å². The maximum Gasteiger partial charge on any atom is 0.352 e. The average molecular weight is 414 g/mol. The number of thiophene rings is 1. The molecular weight excluding hydrogens is 396 g/mol. The van der Waals surface area contributed by atoms with Gasteiger partial charge in [-0.05, 0) is 36.2 Å². The largest absolute Gasteiger partial charge is 0.480 e. The summed E-state index contributed by atoms with van der Waals surface area (Å²) in [4.78, 5) is 50.3. The minimum Gasteiger partial charge on any atom is -0.480 e. The number of carboxylic acids is 2. The van der Waals surface area contributed by atoms with E-state index in [1.165, 1.54) is 41.7 Å². The van der Waals surface area contributed by atoms with E-state index >= 15 is 0 Å². The van der Waals surface area contributed by atoms with Gasteiger partial charge in [0.2, 0.25) is 11.6 Å². The van der Waals surface area contributed by atoms with Crippen LogP contribution in [0.25, 0.3) is 0 Å². The molecule has 0 aromatic carbocycles. The van der Waals surface area contributed by atoms with Crippen molar-refractivity contribution in [3.05, 3.63) is 22.4 Å². The first-order valence-electron chi connectivity index (χ1n) is 7.92. The Balaban J connectivity index is 2.00. The van der Waals surface area contributed by atoms with Gasteiger partial charge in [0.05, 0.1) is 4.75 Å². The molecule has 0 saturated carbocycles. The minimum atomic E-state index is -2.09. The number of nitrogens with zero attached hydrogens (tertiary/aromatic N) is 1. The third-order valence-corrected chi connectivity index (χ3v) is 7.18. The Bertz CT molecular complexity index is 810. The van der Waals surface area contributed by atoms with E-state index in [2.05, 4.69) is 5.32 Å². The van der Waals surface area contributed by atoms with Crippen LogP contribution in [0.5, 0.6) is 0 Å². The van der Waals surface area contributed by atoms with E-state index < -0.39 is 51.6 Å². The molecule has 27 heavy (non-hydrogen) atoms. The van der Waals surface area contributed by atoms with Crippen molar-refractivity contribution in [1.29, 1.82) is 0 Å². The Kier molecular flexibility index (Phi) is 4.73. The van der Waals surface area contributed by atoms with Gasteiger partial charge in [0.1, 0.15) is 5.37 Å². The molecule has 0 radical (unpaired) electrons. The number of amides is 2. The van der Waals surface area contributed by atoms with Crippen LogP contribution in [-0.2, 0) is 23.9 Å². The lowest BCUT2D eigenvalue weighted by atomic mass is 9.88. The molecule has 1 unspecified atom stereocenters. The second-order valence-electron chi connectivity index (χ2n) is 6.72. The van der Waals surface area contributed by atoms with Gasteiger partial charge >= 0.3 is 11.9 Å². The Labute approximate surface area is 162 Å². The zero-order valence-corrected chi connectivity index (χ0v) is 16.3. The van der Waals surface area contributed by atoms with Crippen molar-refractivity contribution in [3.63, 3.8) is 0 Å². The number of carboxylic acid groups (broad SMARTS) is 2. The van der Waals surface area contributed by atoms with E-state index in [0.29, 0.717) is 0 Å². The molecule has 11 heteroatoms. The predicted molar refractivity (Wildman–Crippen MR) is 96.3 cm³/mol. The van der Waals surface area contributed by atoms with E-state index in [1.54, 1.807) is 19.2 Å². The van der Waals surface area contributed by atoms with Crippen molar-refractivity contribution in [2.45, 2.75) is 41.7 Å². The maximum absolute atomic E-state index is 12.8. The van der Waals surface area contributed by atoms with Crippen LogP contribution in [0.3, 0.4) is 0 Å². The van der Waals surface area contributed by atoms with Crippen molar-refractivity contribution in [3.8, 4) is 0 Å². The summed E-state index contributed by atoms with van der Waals surface area (Å²) in [5.74, 6) is -5.98. The van der Waals surface area contributed by atoms with Gasteiger partial charge in [0, 0.05) is 7.11 Å². The highest BCUT2D eigenvalue weighted by molar-refractivity contribution is 8.01. The first kappa shape index (κ1) is 19.6. The summed E-state index contributed by atoms with van der Waals surface area (Å²) < 4.78 is 3.99. The SMILES string of the molecule is CO[C@@H]1C(=O)N2[C@@H]1SC(C)(C)[C@]2(NC(=O)C(C(=O)O)c1ccsc1)C(=O)O. The number of carbonyl (C=O) groups excluding carboxylic acids is 2. The lowest BCUT2D eigenvalue weighted by Crippen LogP contribution is -2.78. The van der Waals surface area contributed by atoms with Gasteiger partial charge in [-0.2, -0.15) is 11.3 Å². The summed E-state index contributed by atoms with van der Waals surface area (Å²) in [6.07, 6.45) is -0.806. The number of nitrogens with one attached hydrogen (secondary N) is 1. The Morgan fingerprint density at radius 1 is 1.33 bits per heavy atom. The van der Waals surface area contributed by atoms with Crippen molar-refractivity contribution in [1.82, 2.24) is 10.2 Å². The van der Waals surface area contributed by atoms with Crippen LogP contribution in [-0.4, -0.2) is 67.9 Å². The van der Waals surface area contributed by atoms with Crippen LogP contribution in [0.2, 0.25) is 0 Å². The molecule has 1 aromatic rings. The number of methoxy groups -OCH3 is 1. The zero-order valence-electron chi connectivity index (χ0n) is 14.7. The fourth-order valence-corrected chi connectivity index (χ4v) is 5.94. The Hall–Kier alpha value is -2.11. The van der Waals surface area contributed by atoms with Gasteiger partial charge in [-0.15, -0.1) is 11.8 Å². The number of aliphatic carboxylic acids is 2. The molecule has 4 atom stereocenters. The number of β-lactam (4-membered cyclic amide) rings is 1. The first-order chi connectivity index (χ1) is 12.6. The third kappa shape index (κ3) is 2.64. The number of rotatable bonds is 6. The summed E-state index contributed by atoms with van der Waals surface area (Å²) in [6, 6.07) is 1.49. The number of hydrogen-bond acceptors (Lipinski definition) is 7. The molecular formula is C16H18N2O7S2. The number of hydrogen-bond donors (Lipinski definition) is 3. The molecule has 2 amide bonds. The molecule has 3 N–H and O–H groups in total. The van der Waals surface area contributed by atoms with Gasteiger partial charge in [-0.1, -0.05) is 0 Å². The van der Waals surface area contributed by atoms with Gasteiger partial charge < -0.3 is 20.3 Å². The van der Waals surface area contributed by atoms with Crippen LogP contribution in [0.15, 0.2) is 16.8 Å². The molecule has 0 bridgehead atoms. The smallest absolute Gasteiger partial charge is 0.352 e. The Morgan fingerprint density at radius 3 is 2.48 bits per heavy atom. The van der Waals surface area contributed by atoms with Crippen LogP contribution >= 0.6 is 23.1 Å². The fourth-order valence-electron chi connectivity index (χ4n) is 3.52. The standard InChI is InChI=1S/C16H18N2O7S2/c1-15(2)16(14(23)24,18-11(20)9(25-3)12(18)27-15)17-10(19)8(13(21)22)7-4-5-26-6-7/h4-6,8-9,12H,1-3H3,(H,17,19)(H,21,22)(H,23,24)/t8?,9-,12-,16+/m1/s1. The number of carbonyl (C=O) groups is 4. The summed E-state index contributed by atoms with van der Waals surface area (Å²) >= 11 is 2.41. The highest BCUT2D eigenvalue weighted by Crippen LogP contribution is 2.56. The third-order valence-electron chi connectivity index (χ3n) is 4.90. The summed E-state index contributed by atoms with van der Waals surface area (Å²) in [5.41, 5.74) is -1.84. The lowest BCUT2D eigenvalue weighted by Gasteiger charge is -2.49. The van der Waals surface area contributed by atoms with E-state index in [-0.39, 0.29) is 5.56 Å². The van der Waals surface area contributed by atoms with Gasteiger partial charge in [-0.25, -0.2) is 4.79 Å². The molecule has 2 saturated heterocycles. The van der Waals surface area contributed by atoms with Crippen molar-refractivity contribution >= 4 is 46.9 Å². The molecule has 2 aliphatic rings. The average Bonchev–Trinajstić information content (AvgIpc) is 3.12. The second-order valence-corrected chi connectivity index (χ2v) is 9.24. The number of fused-ring (bicyclic) bond motifs is 1. The molecule has 9 nitrogen and oxygen atoms in total. The molecule has 146 valence electrons. The maximum atomic E-state index is 12.8. The van der Waals surface area contributed by atoms with Crippen LogP contribution in [0.1, 0.15) is 25.3 Å². The molecule has 3 rings (SSSR count).